The van der Waals surface area contributed by atoms with Crippen molar-refractivity contribution >= 4 is 11.7 Å². The third-order valence-electron chi connectivity index (χ3n) is 3.91. The highest BCUT2D eigenvalue weighted by atomic mass is 16.2. The molecule has 1 aromatic carbocycles. The number of nitrogens with zero attached hydrogens (tertiary/aromatic N) is 1. The van der Waals surface area contributed by atoms with E-state index in [2.05, 4.69) is 34.5 Å². The molecule has 1 saturated heterocycles. The average Bonchev–Trinajstić information content (AvgIpc) is 2.48. The van der Waals surface area contributed by atoms with Crippen molar-refractivity contribution in [2.45, 2.75) is 45.2 Å². The minimum Gasteiger partial charge on any atom is -0.353 e. The lowest BCUT2D eigenvalue weighted by Gasteiger charge is -2.32. The van der Waals surface area contributed by atoms with E-state index in [0.717, 1.165) is 32.5 Å². The molecule has 21 heavy (non-hydrogen) atoms. The normalized spacial score (nSPS) is 16.6. The standard InChI is InChI=1S/C17H24N2O2/c1-14(20)7-8-17(21)18-16-9-11-19(12-10-16)13-15-5-3-2-4-6-15/h2-6,16H,7-13H2,1H3,(H,18,21). The first-order valence-corrected chi connectivity index (χ1v) is 7.68. The van der Waals surface area contributed by atoms with Crippen LogP contribution in [0, 0.1) is 0 Å². The fraction of sp³-hybridized carbons (Fsp3) is 0.529. The summed E-state index contributed by atoms with van der Waals surface area (Å²) in [6.45, 7) is 4.51. The SMILES string of the molecule is CC(=O)CCC(=O)NC1CCN(Cc2ccccc2)CC1. The number of benzene rings is 1. The van der Waals surface area contributed by atoms with E-state index in [9.17, 15) is 9.59 Å². The van der Waals surface area contributed by atoms with Crippen LogP contribution in [0.1, 0.15) is 38.2 Å². The Bertz CT molecular complexity index is 465. The number of ketones is 1. The summed E-state index contributed by atoms with van der Waals surface area (Å²) in [5, 5.41) is 3.04. The summed E-state index contributed by atoms with van der Waals surface area (Å²) in [6, 6.07) is 10.7. The summed E-state index contributed by atoms with van der Waals surface area (Å²) < 4.78 is 0. The molecule has 1 aliphatic heterocycles. The van der Waals surface area contributed by atoms with Crippen LogP contribution in [0.4, 0.5) is 0 Å². The number of hydrogen-bond acceptors (Lipinski definition) is 3. The first-order valence-electron chi connectivity index (χ1n) is 7.68. The summed E-state index contributed by atoms with van der Waals surface area (Å²) in [6.07, 6.45) is 2.63. The van der Waals surface area contributed by atoms with Crippen LogP contribution in [0.25, 0.3) is 0 Å². The number of rotatable bonds is 6. The lowest BCUT2D eigenvalue weighted by atomic mass is 10.0. The number of carbonyl (C=O) groups excluding carboxylic acids is 2. The van der Waals surface area contributed by atoms with Gasteiger partial charge < -0.3 is 10.1 Å². The van der Waals surface area contributed by atoms with Crippen LogP contribution >= 0.6 is 0 Å². The monoisotopic (exact) mass is 288 g/mol. The van der Waals surface area contributed by atoms with Crippen LogP contribution < -0.4 is 5.32 Å². The highest BCUT2D eigenvalue weighted by Crippen LogP contribution is 2.14. The molecule has 1 amide bonds. The maximum absolute atomic E-state index is 11.7. The third kappa shape index (κ3) is 5.68. The van der Waals surface area contributed by atoms with Gasteiger partial charge in [-0.05, 0) is 25.3 Å². The minimum absolute atomic E-state index is 0.00621. The zero-order valence-corrected chi connectivity index (χ0v) is 12.7. The van der Waals surface area contributed by atoms with E-state index in [1.54, 1.807) is 0 Å². The van der Waals surface area contributed by atoms with E-state index < -0.39 is 0 Å². The van der Waals surface area contributed by atoms with E-state index >= 15 is 0 Å². The van der Waals surface area contributed by atoms with Crippen molar-refractivity contribution < 1.29 is 9.59 Å². The van der Waals surface area contributed by atoms with Crippen LogP contribution in [0.5, 0.6) is 0 Å². The Morgan fingerprint density at radius 3 is 2.43 bits per heavy atom. The molecule has 0 radical (unpaired) electrons. The van der Waals surface area contributed by atoms with Crippen LogP contribution in [0.2, 0.25) is 0 Å². The molecule has 1 heterocycles. The Morgan fingerprint density at radius 1 is 1.14 bits per heavy atom. The van der Waals surface area contributed by atoms with Gasteiger partial charge in [0.05, 0.1) is 0 Å². The molecule has 114 valence electrons. The Kier molecular flexibility index (Phi) is 5.93. The topological polar surface area (TPSA) is 49.4 Å². The molecule has 2 rings (SSSR count). The van der Waals surface area contributed by atoms with E-state index in [-0.39, 0.29) is 17.7 Å². The van der Waals surface area contributed by atoms with Gasteiger partial charge in [0.2, 0.25) is 5.91 Å². The summed E-state index contributed by atoms with van der Waals surface area (Å²) in [7, 11) is 0. The highest BCUT2D eigenvalue weighted by molar-refractivity contribution is 5.83. The molecule has 0 spiro atoms. The van der Waals surface area contributed by atoms with Gasteiger partial charge in [-0.1, -0.05) is 30.3 Å². The zero-order chi connectivity index (χ0) is 15.1. The first kappa shape index (κ1) is 15.7. The molecule has 4 heteroatoms. The van der Waals surface area contributed by atoms with Crippen LogP contribution in [0.3, 0.4) is 0 Å². The Morgan fingerprint density at radius 2 is 1.81 bits per heavy atom. The van der Waals surface area contributed by atoms with Gasteiger partial charge in [-0.15, -0.1) is 0 Å². The molecule has 0 bridgehead atoms. The number of Topliss-reactive ketones (excluding diaryl/α,β-unsaturated/α-hetero) is 1. The van der Waals surface area contributed by atoms with Crippen molar-refractivity contribution in [3.8, 4) is 0 Å². The molecule has 4 nitrogen and oxygen atoms in total. The predicted molar refractivity (Wildman–Crippen MR) is 82.8 cm³/mol. The molecular formula is C17H24N2O2. The van der Waals surface area contributed by atoms with Gasteiger partial charge in [0.25, 0.3) is 0 Å². The largest absolute Gasteiger partial charge is 0.353 e. The molecule has 0 aliphatic carbocycles. The van der Waals surface area contributed by atoms with Gasteiger partial charge in [-0.2, -0.15) is 0 Å². The third-order valence-corrected chi connectivity index (χ3v) is 3.91. The van der Waals surface area contributed by atoms with Crippen molar-refractivity contribution in [2.24, 2.45) is 0 Å². The van der Waals surface area contributed by atoms with E-state index in [4.69, 9.17) is 0 Å². The van der Waals surface area contributed by atoms with Crippen molar-refractivity contribution in [1.82, 2.24) is 10.2 Å². The van der Waals surface area contributed by atoms with Gasteiger partial charge in [0.15, 0.2) is 0 Å². The first-order chi connectivity index (χ1) is 10.1. The maximum atomic E-state index is 11.7. The molecule has 0 unspecified atom stereocenters. The lowest BCUT2D eigenvalue weighted by Crippen LogP contribution is -2.44. The maximum Gasteiger partial charge on any atom is 0.220 e. The summed E-state index contributed by atoms with van der Waals surface area (Å²) >= 11 is 0. The average molecular weight is 288 g/mol. The summed E-state index contributed by atoms with van der Waals surface area (Å²) in [5.74, 6) is 0.0783. The Hall–Kier alpha value is -1.68. The molecule has 1 N–H and O–H groups in total. The Labute approximate surface area is 126 Å². The van der Waals surface area contributed by atoms with Crippen molar-refractivity contribution in [3.63, 3.8) is 0 Å². The van der Waals surface area contributed by atoms with Crippen LogP contribution in [-0.4, -0.2) is 35.7 Å². The van der Waals surface area contributed by atoms with Crippen LogP contribution in [-0.2, 0) is 16.1 Å². The van der Waals surface area contributed by atoms with E-state index in [1.807, 2.05) is 6.07 Å². The second kappa shape index (κ2) is 7.93. The highest BCUT2D eigenvalue weighted by Gasteiger charge is 2.20. The number of amides is 1. The quantitative estimate of drug-likeness (QED) is 0.872. The second-order valence-corrected chi connectivity index (χ2v) is 5.81. The second-order valence-electron chi connectivity index (χ2n) is 5.81. The predicted octanol–water partition coefficient (Wildman–Crippen LogP) is 2.14. The van der Waals surface area contributed by atoms with Crippen molar-refractivity contribution in [3.05, 3.63) is 35.9 Å². The number of hydrogen-bond donors (Lipinski definition) is 1. The van der Waals surface area contributed by atoms with Gasteiger partial charge in [-0.25, -0.2) is 0 Å². The van der Waals surface area contributed by atoms with Gasteiger partial charge in [0, 0.05) is 38.5 Å². The van der Waals surface area contributed by atoms with Gasteiger partial charge in [-0.3, -0.25) is 9.69 Å². The molecule has 0 atom stereocenters. The molecule has 0 saturated carbocycles. The smallest absolute Gasteiger partial charge is 0.220 e. The van der Waals surface area contributed by atoms with E-state index in [0.29, 0.717) is 12.8 Å². The fourth-order valence-corrected chi connectivity index (χ4v) is 2.67. The molecule has 1 aliphatic rings. The molecule has 1 aromatic rings. The van der Waals surface area contributed by atoms with Crippen LogP contribution in [0.15, 0.2) is 30.3 Å². The minimum atomic E-state index is 0.00621. The molecular weight excluding hydrogens is 264 g/mol. The van der Waals surface area contributed by atoms with Crippen molar-refractivity contribution in [1.29, 1.82) is 0 Å². The van der Waals surface area contributed by atoms with E-state index in [1.165, 1.54) is 12.5 Å². The zero-order valence-electron chi connectivity index (χ0n) is 12.7. The van der Waals surface area contributed by atoms with Crippen molar-refractivity contribution in [2.75, 3.05) is 13.1 Å². The number of carbonyl (C=O) groups is 2. The summed E-state index contributed by atoms with van der Waals surface area (Å²) in [5.41, 5.74) is 1.33. The number of nitrogens with one attached hydrogen (secondary N) is 1. The Balaban J connectivity index is 1.68. The number of likely N-dealkylation sites (tertiary alicyclic amines) is 1. The van der Waals surface area contributed by atoms with Gasteiger partial charge in [0.1, 0.15) is 5.78 Å². The molecule has 0 aromatic heterocycles. The van der Waals surface area contributed by atoms with Gasteiger partial charge >= 0.3 is 0 Å². The summed E-state index contributed by atoms with van der Waals surface area (Å²) in [4.78, 5) is 25.0. The number of piperidine rings is 1. The molecule has 1 fully saturated rings. The fourth-order valence-electron chi connectivity index (χ4n) is 2.67. The lowest BCUT2D eigenvalue weighted by molar-refractivity contribution is -0.125.